The van der Waals surface area contributed by atoms with Crippen molar-refractivity contribution >= 4 is 21.7 Å². The zero-order valence-corrected chi connectivity index (χ0v) is 11.4. The smallest absolute Gasteiger partial charge is 0.263 e. The molecular formula is C12H14N4O2S. The molecular weight excluding hydrogens is 264 g/mol. The van der Waals surface area contributed by atoms with Gasteiger partial charge < -0.3 is 5.32 Å². The van der Waals surface area contributed by atoms with Crippen molar-refractivity contribution in [3.05, 3.63) is 42.2 Å². The van der Waals surface area contributed by atoms with Crippen LogP contribution in [-0.4, -0.2) is 25.4 Å². The zero-order valence-electron chi connectivity index (χ0n) is 10.6. The van der Waals surface area contributed by atoms with Gasteiger partial charge in [0, 0.05) is 25.0 Å². The fraction of sp³-hybridized carbons (Fsp3) is 0.167. The number of hydrogen-bond acceptors (Lipinski definition) is 5. The van der Waals surface area contributed by atoms with E-state index in [2.05, 4.69) is 20.0 Å². The third-order valence-corrected chi connectivity index (χ3v) is 3.78. The summed E-state index contributed by atoms with van der Waals surface area (Å²) in [6, 6.07) is 8.02. The third kappa shape index (κ3) is 3.19. The van der Waals surface area contributed by atoms with Crippen molar-refractivity contribution in [2.24, 2.45) is 0 Å². The Balaban J connectivity index is 2.32. The van der Waals surface area contributed by atoms with Crippen molar-refractivity contribution < 1.29 is 8.42 Å². The van der Waals surface area contributed by atoms with Gasteiger partial charge in [-0.2, -0.15) is 0 Å². The van der Waals surface area contributed by atoms with E-state index >= 15 is 0 Å². The predicted octanol–water partition coefficient (Wildman–Crippen LogP) is 1.63. The van der Waals surface area contributed by atoms with Gasteiger partial charge in [-0.25, -0.2) is 18.4 Å². The van der Waals surface area contributed by atoms with Crippen LogP contribution in [0.2, 0.25) is 0 Å². The van der Waals surface area contributed by atoms with Crippen LogP contribution in [0.25, 0.3) is 0 Å². The van der Waals surface area contributed by atoms with Gasteiger partial charge in [-0.05, 0) is 25.1 Å². The van der Waals surface area contributed by atoms with Gasteiger partial charge in [0.2, 0.25) is 0 Å². The molecule has 100 valence electrons. The molecule has 2 aromatic rings. The van der Waals surface area contributed by atoms with Crippen LogP contribution in [-0.2, 0) is 10.0 Å². The topological polar surface area (TPSA) is 84.0 Å². The number of nitrogens with zero attached hydrogens (tertiary/aromatic N) is 2. The normalized spacial score (nSPS) is 11.1. The van der Waals surface area contributed by atoms with E-state index in [0.717, 1.165) is 5.69 Å². The molecule has 2 heterocycles. The van der Waals surface area contributed by atoms with E-state index in [1.165, 1.54) is 18.3 Å². The fourth-order valence-electron chi connectivity index (χ4n) is 1.51. The Kier molecular flexibility index (Phi) is 3.66. The number of aryl methyl sites for hydroxylation is 1. The largest absolute Gasteiger partial charge is 0.373 e. The average molecular weight is 278 g/mol. The molecule has 0 spiro atoms. The van der Waals surface area contributed by atoms with E-state index in [4.69, 9.17) is 0 Å². The number of hydrogen-bond donors (Lipinski definition) is 2. The molecule has 19 heavy (non-hydrogen) atoms. The number of anilines is 2. The van der Waals surface area contributed by atoms with Crippen molar-refractivity contribution in [1.29, 1.82) is 0 Å². The molecule has 2 rings (SSSR count). The maximum Gasteiger partial charge on any atom is 0.263 e. The summed E-state index contributed by atoms with van der Waals surface area (Å²) < 4.78 is 26.8. The van der Waals surface area contributed by atoms with Crippen LogP contribution in [0.3, 0.4) is 0 Å². The van der Waals surface area contributed by atoms with E-state index in [1.807, 2.05) is 0 Å². The molecule has 0 atom stereocenters. The van der Waals surface area contributed by atoms with Crippen LogP contribution in [0.15, 0.2) is 41.4 Å². The number of pyridine rings is 2. The Morgan fingerprint density at radius 3 is 2.63 bits per heavy atom. The van der Waals surface area contributed by atoms with Crippen molar-refractivity contribution in [3.63, 3.8) is 0 Å². The molecule has 0 unspecified atom stereocenters. The first kappa shape index (κ1) is 13.3. The first-order valence-electron chi connectivity index (χ1n) is 5.61. The standard InChI is InChI=1S/C12H14N4O2S/c1-9-4-3-5-11(15-9)16-19(17,18)10-6-7-14-12(8-10)13-2/h3-8H,1-2H3,(H,13,14)(H,15,16). The minimum atomic E-state index is -3.66. The highest BCUT2D eigenvalue weighted by molar-refractivity contribution is 7.92. The van der Waals surface area contributed by atoms with Gasteiger partial charge in [-0.3, -0.25) is 4.72 Å². The van der Waals surface area contributed by atoms with Crippen LogP contribution < -0.4 is 10.0 Å². The molecule has 0 aliphatic rings. The summed E-state index contributed by atoms with van der Waals surface area (Å²) in [7, 11) is -1.98. The Labute approximate surface area is 112 Å². The molecule has 0 saturated carbocycles. The maximum absolute atomic E-state index is 12.2. The second-order valence-electron chi connectivity index (χ2n) is 3.90. The lowest BCUT2D eigenvalue weighted by molar-refractivity contribution is 0.601. The molecule has 2 aromatic heterocycles. The van der Waals surface area contributed by atoms with Gasteiger partial charge in [0.15, 0.2) is 0 Å². The van der Waals surface area contributed by atoms with Gasteiger partial charge in [-0.15, -0.1) is 0 Å². The van der Waals surface area contributed by atoms with Crippen LogP contribution >= 0.6 is 0 Å². The van der Waals surface area contributed by atoms with Crippen LogP contribution in [0.4, 0.5) is 11.6 Å². The molecule has 0 bridgehead atoms. The highest BCUT2D eigenvalue weighted by Crippen LogP contribution is 2.16. The van der Waals surface area contributed by atoms with E-state index in [0.29, 0.717) is 11.6 Å². The minimum Gasteiger partial charge on any atom is -0.373 e. The number of aromatic nitrogens is 2. The molecule has 6 nitrogen and oxygen atoms in total. The second-order valence-corrected chi connectivity index (χ2v) is 5.58. The molecule has 0 aliphatic carbocycles. The molecule has 0 saturated heterocycles. The van der Waals surface area contributed by atoms with Gasteiger partial charge in [-0.1, -0.05) is 6.07 Å². The van der Waals surface area contributed by atoms with E-state index in [9.17, 15) is 8.42 Å². The van der Waals surface area contributed by atoms with Crippen LogP contribution in [0.5, 0.6) is 0 Å². The van der Waals surface area contributed by atoms with E-state index in [1.54, 1.807) is 32.2 Å². The summed E-state index contributed by atoms with van der Waals surface area (Å²) in [6.45, 7) is 1.79. The lowest BCUT2D eigenvalue weighted by Crippen LogP contribution is -2.14. The molecule has 7 heteroatoms. The number of sulfonamides is 1. The summed E-state index contributed by atoms with van der Waals surface area (Å²) in [5.74, 6) is 0.780. The number of rotatable bonds is 4. The van der Waals surface area contributed by atoms with Crippen LogP contribution in [0.1, 0.15) is 5.69 Å². The quantitative estimate of drug-likeness (QED) is 0.888. The Morgan fingerprint density at radius 1 is 1.16 bits per heavy atom. The zero-order chi connectivity index (χ0) is 13.9. The monoisotopic (exact) mass is 278 g/mol. The first-order valence-corrected chi connectivity index (χ1v) is 7.10. The van der Waals surface area contributed by atoms with Crippen molar-refractivity contribution in [2.75, 3.05) is 17.1 Å². The van der Waals surface area contributed by atoms with Crippen molar-refractivity contribution in [2.45, 2.75) is 11.8 Å². The summed E-state index contributed by atoms with van der Waals surface area (Å²) in [4.78, 5) is 8.21. The van der Waals surface area contributed by atoms with E-state index in [-0.39, 0.29) is 4.90 Å². The highest BCUT2D eigenvalue weighted by Gasteiger charge is 2.15. The Bertz CT molecular complexity index is 686. The highest BCUT2D eigenvalue weighted by atomic mass is 32.2. The maximum atomic E-state index is 12.2. The van der Waals surface area contributed by atoms with Crippen LogP contribution in [0, 0.1) is 6.92 Å². The fourth-order valence-corrected chi connectivity index (χ4v) is 2.53. The predicted molar refractivity (Wildman–Crippen MR) is 73.6 cm³/mol. The SMILES string of the molecule is CNc1cc(S(=O)(=O)Nc2cccc(C)n2)ccn1. The Morgan fingerprint density at radius 2 is 1.95 bits per heavy atom. The lowest BCUT2D eigenvalue weighted by atomic mass is 10.4. The van der Waals surface area contributed by atoms with Crippen molar-refractivity contribution in [1.82, 2.24) is 9.97 Å². The summed E-state index contributed by atoms with van der Waals surface area (Å²) >= 11 is 0. The van der Waals surface area contributed by atoms with Gasteiger partial charge >= 0.3 is 0 Å². The Hall–Kier alpha value is -2.15. The van der Waals surface area contributed by atoms with Gasteiger partial charge in [0.25, 0.3) is 10.0 Å². The lowest BCUT2D eigenvalue weighted by Gasteiger charge is -2.08. The first-order chi connectivity index (χ1) is 9.01. The summed E-state index contributed by atoms with van der Waals surface area (Å²) in [5.41, 5.74) is 0.742. The summed E-state index contributed by atoms with van der Waals surface area (Å²) in [6.07, 6.45) is 1.43. The molecule has 2 N–H and O–H groups in total. The minimum absolute atomic E-state index is 0.134. The van der Waals surface area contributed by atoms with Crippen molar-refractivity contribution in [3.8, 4) is 0 Å². The molecule has 0 fully saturated rings. The molecule has 0 aromatic carbocycles. The average Bonchev–Trinajstić information content (AvgIpc) is 2.38. The molecule has 0 amide bonds. The third-order valence-electron chi connectivity index (χ3n) is 2.43. The van der Waals surface area contributed by atoms with Gasteiger partial charge in [0.1, 0.15) is 11.6 Å². The molecule has 0 radical (unpaired) electrons. The van der Waals surface area contributed by atoms with Gasteiger partial charge in [0.05, 0.1) is 4.90 Å². The second kappa shape index (κ2) is 5.23. The van der Waals surface area contributed by atoms with E-state index < -0.39 is 10.0 Å². The summed E-state index contributed by atoms with van der Waals surface area (Å²) in [5, 5.41) is 2.79. The number of nitrogens with one attached hydrogen (secondary N) is 2. The molecule has 0 aliphatic heterocycles.